The maximum absolute atomic E-state index is 12.2. The number of aromatic hydroxyl groups is 1. The molecule has 0 atom stereocenters. The molecule has 0 fully saturated rings. The molecule has 16 nitrogen and oxygen atoms in total. The molecule has 0 aliphatic rings. The van der Waals surface area contributed by atoms with Gasteiger partial charge in [0.15, 0.2) is 25.4 Å². The van der Waals surface area contributed by atoms with Crippen molar-refractivity contribution >= 4 is 79.1 Å². The van der Waals surface area contributed by atoms with Gasteiger partial charge in [-0.1, -0.05) is 0 Å². The normalized spacial score (nSPS) is 13.3. The molecule has 0 aromatic heterocycles. The maximum atomic E-state index is 12.2. The molecule has 0 saturated carbocycles. The fourth-order valence-corrected chi connectivity index (χ4v) is 6.43. The molecule has 0 aliphatic heterocycles. The van der Waals surface area contributed by atoms with Crippen LogP contribution in [0.15, 0.2) is 101 Å². The lowest BCUT2D eigenvalue weighted by molar-refractivity contribution is 0.472. The standard InChI is InChI=1S/C24H21N5O11S4/c1-41(31,32)16-7-3-14(4-8-16)26-28-22-18(43(35,36)37)11-13-12-19(44(38,39)40)23(24(30)20(13)21(22)25)29-27-15-5-9-17(10-6-15)42(2,33)34/h3-12,30H,25H2,1-2H3,(H,35,36,37)(H,38,39,40). The Balaban J connectivity index is 1.94. The van der Waals surface area contributed by atoms with Crippen LogP contribution in [0.25, 0.3) is 10.8 Å². The first kappa shape index (κ1) is 32.6. The second-order valence-corrected chi connectivity index (χ2v) is 16.0. The SMILES string of the molecule is CS(=O)(=O)c1ccc(N=Nc2c(S(=O)(=O)O)cc3cc(S(=O)(=O)O)c(N=Nc4ccc(S(C)(=O)=O)cc4)c(O)c3c2N)cc1. The van der Waals surface area contributed by atoms with Gasteiger partial charge in [-0.15, -0.1) is 10.2 Å². The summed E-state index contributed by atoms with van der Waals surface area (Å²) in [5, 5.41) is 25.4. The van der Waals surface area contributed by atoms with Crippen LogP contribution in [-0.2, 0) is 39.9 Å². The molecular weight excluding hydrogens is 663 g/mol. The van der Waals surface area contributed by atoms with Crippen molar-refractivity contribution in [2.75, 3.05) is 18.2 Å². The van der Waals surface area contributed by atoms with Crippen molar-refractivity contribution in [3.8, 4) is 5.75 Å². The highest BCUT2D eigenvalue weighted by Gasteiger charge is 2.28. The minimum absolute atomic E-state index is 0.0178. The van der Waals surface area contributed by atoms with Gasteiger partial charge >= 0.3 is 0 Å². The van der Waals surface area contributed by atoms with Crippen LogP contribution in [0.3, 0.4) is 0 Å². The quantitative estimate of drug-likeness (QED) is 0.115. The molecule has 0 radical (unpaired) electrons. The predicted molar refractivity (Wildman–Crippen MR) is 157 cm³/mol. The number of azo groups is 2. The van der Waals surface area contributed by atoms with Gasteiger partial charge in [0.05, 0.1) is 32.2 Å². The number of sulfone groups is 2. The van der Waals surface area contributed by atoms with Gasteiger partial charge in [-0.2, -0.15) is 27.1 Å². The Morgan fingerprint density at radius 1 is 0.591 bits per heavy atom. The van der Waals surface area contributed by atoms with Gasteiger partial charge < -0.3 is 10.8 Å². The molecule has 20 heteroatoms. The lowest BCUT2D eigenvalue weighted by Gasteiger charge is -2.14. The third-order valence-corrected chi connectivity index (χ3v) is 9.92. The van der Waals surface area contributed by atoms with Crippen molar-refractivity contribution < 1.29 is 47.9 Å². The maximum Gasteiger partial charge on any atom is 0.296 e. The van der Waals surface area contributed by atoms with E-state index in [1.807, 2.05) is 0 Å². The van der Waals surface area contributed by atoms with Crippen molar-refractivity contribution in [1.29, 1.82) is 0 Å². The van der Waals surface area contributed by atoms with Crippen molar-refractivity contribution in [3.05, 3.63) is 60.7 Å². The summed E-state index contributed by atoms with van der Waals surface area (Å²) in [6, 6.07) is 11.3. The predicted octanol–water partition coefficient (Wildman–Crippen LogP) is 4.26. The fourth-order valence-electron chi connectivity index (χ4n) is 3.84. The molecule has 44 heavy (non-hydrogen) atoms. The third-order valence-electron chi connectivity index (χ3n) is 5.93. The molecule has 4 rings (SSSR count). The molecule has 0 saturated heterocycles. The zero-order valence-corrected chi connectivity index (χ0v) is 25.6. The van der Waals surface area contributed by atoms with Crippen LogP contribution in [0, 0.1) is 0 Å². The van der Waals surface area contributed by atoms with E-state index in [2.05, 4.69) is 20.5 Å². The van der Waals surface area contributed by atoms with E-state index in [-0.39, 0.29) is 26.6 Å². The van der Waals surface area contributed by atoms with E-state index in [1.54, 1.807) is 0 Å². The van der Waals surface area contributed by atoms with Gasteiger partial charge in [-0.3, -0.25) is 9.11 Å². The second-order valence-electron chi connectivity index (χ2n) is 9.19. The van der Waals surface area contributed by atoms with Crippen LogP contribution in [-0.4, -0.2) is 60.4 Å². The minimum Gasteiger partial charge on any atom is -0.505 e. The average molecular weight is 684 g/mol. The van der Waals surface area contributed by atoms with Crippen LogP contribution >= 0.6 is 0 Å². The first-order chi connectivity index (χ1) is 20.2. The summed E-state index contributed by atoms with van der Waals surface area (Å²) < 4.78 is 115. The average Bonchev–Trinajstić information content (AvgIpc) is 2.90. The number of hydrogen-bond donors (Lipinski definition) is 4. The van der Waals surface area contributed by atoms with Crippen LogP contribution in [0.4, 0.5) is 28.4 Å². The van der Waals surface area contributed by atoms with Gasteiger partial charge in [-0.25, -0.2) is 16.8 Å². The molecule has 5 N–H and O–H groups in total. The van der Waals surface area contributed by atoms with Gasteiger partial charge in [0.1, 0.15) is 21.2 Å². The van der Waals surface area contributed by atoms with Crippen molar-refractivity contribution in [2.45, 2.75) is 19.6 Å². The molecule has 232 valence electrons. The van der Waals surface area contributed by atoms with E-state index >= 15 is 0 Å². The second kappa shape index (κ2) is 11.3. The summed E-state index contributed by atoms with van der Waals surface area (Å²) in [6.07, 6.45) is 1.97. The first-order valence-corrected chi connectivity index (χ1v) is 18.3. The van der Waals surface area contributed by atoms with E-state index in [4.69, 9.17) is 5.73 Å². The molecule has 0 amide bonds. The van der Waals surface area contributed by atoms with Crippen molar-refractivity contribution in [1.82, 2.24) is 0 Å². The Kier molecular flexibility index (Phi) is 8.36. The van der Waals surface area contributed by atoms with Gasteiger partial charge in [-0.05, 0) is 66.0 Å². The number of nitrogen functional groups attached to an aromatic ring is 1. The fraction of sp³-hybridized carbons (Fsp3) is 0.0833. The lowest BCUT2D eigenvalue weighted by atomic mass is 10.1. The van der Waals surface area contributed by atoms with Gasteiger partial charge in [0, 0.05) is 12.5 Å². The largest absolute Gasteiger partial charge is 0.505 e. The van der Waals surface area contributed by atoms with Crippen LogP contribution in [0.2, 0.25) is 0 Å². The van der Waals surface area contributed by atoms with Crippen molar-refractivity contribution in [2.24, 2.45) is 20.5 Å². The number of nitrogens with zero attached hydrogens (tertiary/aromatic N) is 4. The highest BCUT2D eigenvalue weighted by Crippen LogP contribution is 2.48. The number of nitrogens with two attached hydrogens (primary N) is 1. The van der Waals surface area contributed by atoms with E-state index in [1.165, 1.54) is 48.5 Å². The number of phenolic OH excluding ortho intramolecular Hbond substituents is 1. The zero-order valence-electron chi connectivity index (χ0n) is 22.4. The smallest absolute Gasteiger partial charge is 0.296 e. The van der Waals surface area contributed by atoms with Crippen LogP contribution < -0.4 is 5.73 Å². The van der Waals surface area contributed by atoms with Crippen molar-refractivity contribution in [3.63, 3.8) is 0 Å². The molecule has 0 unspecified atom stereocenters. The van der Waals surface area contributed by atoms with Gasteiger partial charge in [0.2, 0.25) is 0 Å². The molecule has 0 bridgehead atoms. The van der Waals surface area contributed by atoms with Gasteiger partial charge in [0.25, 0.3) is 20.2 Å². The summed E-state index contributed by atoms with van der Waals surface area (Å²) in [6.45, 7) is 0. The highest BCUT2D eigenvalue weighted by molar-refractivity contribution is 7.91. The summed E-state index contributed by atoms with van der Waals surface area (Å²) in [7, 11) is -17.3. The monoisotopic (exact) mass is 683 g/mol. The Morgan fingerprint density at radius 3 is 1.32 bits per heavy atom. The Hall–Kier alpha value is -4.34. The Bertz CT molecular complexity index is 2160. The van der Waals surface area contributed by atoms with E-state index in [9.17, 15) is 47.9 Å². The summed E-state index contributed by atoms with van der Waals surface area (Å²) in [4.78, 5) is -2.04. The Labute approximate surface area is 250 Å². The van der Waals surface area contributed by atoms with E-state index < -0.39 is 77.9 Å². The van der Waals surface area contributed by atoms with E-state index in [0.717, 1.165) is 24.6 Å². The summed E-state index contributed by atoms with van der Waals surface area (Å²) >= 11 is 0. The molecular formula is C24H21N5O11S4. The number of phenols is 1. The Morgan fingerprint density at radius 2 is 0.955 bits per heavy atom. The number of rotatable bonds is 8. The molecule has 0 heterocycles. The number of benzene rings is 4. The third kappa shape index (κ3) is 6.90. The lowest BCUT2D eigenvalue weighted by Crippen LogP contribution is -2.03. The number of fused-ring (bicyclic) bond motifs is 1. The topological polar surface area (TPSA) is 273 Å². The van der Waals surface area contributed by atoms with Crippen LogP contribution in [0.5, 0.6) is 5.75 Å². The summed E-state index contributed by atoms with van der Waals surface area (Å²) in [5.74, 6) is -0.986. The molecule has 4 aromatic rings. The molecule has 4 aromatic carbocycles. The minimum atomic E-state index is -5.14. The number of hydrogen-bond acceptors (Lipinski definition) is 14. The summed E-state index contributed by atoms with van der Waals surface area (Å²) in [5.41, 5.74) is 4.09. The van der Waals surface area contributed by atoms with E-state index in [0.29, 0.717) is 0 Å². The van der Waals surface area contributed by atoms with Crippen LogP contribution in [0.1, 0.15) is 0 Å². The highest BCUT2D eigenvalue weighted by atomic mass is 32.2. The first-order valence-electron chi connectivity index (χ1n) is 11.7. The molecule has 0 spiro atoms. The molecule has 0 aliphatic carbocycles. The zero-order chi connectivity index (χ0) is 32.8. The number of anilines is 1.